The van der Waals surface area contributed by atoms with Gasteiger partial charge in [-0.15, -0.1) is 11.6 Å². The van der Waals surface area contributed by atoms with Crippen LogP contribution in [0.3, 0.4) is 0 Å². The summed E-state index contributed by atoms with van der Waals surface area (Å²) in [6.07, 6.45) is 1.68. The monoisotopic (exact) mass is 270 g/mol. The number of hydrogen-bond donors (Lipinski definition) is 1. The van der Waals surface area contributed by atoms with Crippen LogP contribution in [0.4, 0.5) is 0 Å². The van der Waals surface area contributed by atoms with E-state index in [0.29, 0.717) is 0 Å². The van der Waals surface area contributed by atoms with E-state index in [-0.39, 0.29) is 6.54 Å². The minimum atomic E-state index is -3.40. The first-order chi connectivity index (χ1) is 8.12. The van der Waals surface area contributed by atoms with Crippen LogP contribution in [-0.4, -0.2) is 18.6 Å². The molecule has 0 saturated carbocycles. The van der Waals surface area contributed by atoms with E-state index >= 15 is 0 Å². The average molecular weight is 271 g/mol. The van der Waals surface area contributed by atoms with E-state index in [1.165, 1.54) is 0 Å². The van der Waals surface area contributed by atoms with Crippen molar-refractivity contribution in [2.45, 2.75) is 6.54 Å². The molecule has 0 fully saturated rings. The molecule has 0 amide bonds. The SMILES string of the molecule is O=S(=O)(CCl)NCc1cccc2cccnc12. The number of alkyl halides is 1. The topological polar surface area (TPSA) is 59.1 Å². The van der Waals surface area contributed by atoms with Crippen molar-refractivity contribution in [3.63, 3.8) is 0 Å². The van der Waals surface area contributed by atoms with Gasteiger partial charge in [-0.3, -0.25) is 4.98 Å². The molecule has 2 aromatic rings. The molecular weight excluding hydrogens is 260 g/mol. The molecule has 0 aliphatic carbocycles. The van der Waals surface area contributed by atoms with E-state index < -0.39 is 15.2 Å². The van der Waals surface area contributed by atoms with Crippen LogP contribution in [0.1, 0.15) is 5.56 Å². The molecular formula is C11H11ClN2O2S. The van der Waals surface area contributed by atoms with Crippen molar-refractivity contribution >= 4 is 32.5 Å². The third-order valence-electron chi connectivity index (χ3n) is 2.34. The molecule has 4 nitrogen and oxygen atoms in total. The Morgan fingerprint density at radius 1 is 1.24 bits per heavy atom. The molecule has 0 saturated heterocycles. The second kappa shape index (κ2) is 5.00. The lowest BCUT2D eigenvalue weighted by molar-refractivity contribution is 0.586. The van der Waals surface area contributed by atoms with Crippen LogP contribution in [0.15, 0.2) is 36.5 Å². The van der Waals surface area contributed by atoms with E-state index in [1.54, 1.807) is 6.20 Å². The van der Waals surface area contributed by atoms with Gasteiger partial charge < -0.3 is 0 Å². The minimum Gasteiger partial charge on any atom is -0.256 e. The lowest BCUT2D eigenvalue weighted by Gasteiger charge is -2.06. The lowest BCUT2D eigenvalue weighted by Crippen LogP contribution is -2.24. The van der Waals surface area contributed by atoms with Crippen molar-refractivity contribution in [1.29, 1.82) is 0 Å². The van der Waals surface area contributed by atoms with Crippen molar-refractivity contribution in [3.05, 3.63) is 42.1 Å². The third-order valence-corrected chi connectivity index (χ3v) is 4.08. The summed E-state index contributed by atoms with van der Waals surface area (Å²) < 4.78 is 24.9. The van der Waals surface area contributed by atoms with Gasteiger partial charge in [-0.1, -0.05) is 24.3 Å². The molecule has 0 radical (unpaired) electrons. The van der Waals surface area contributed by atoms with Gasteiger partial charge in [0.05, 0.1) is 5.52 Å². The fourth-order valence-corrected chi connectivity index (χ4v) is 2.22. The highest BCUT2D eigenvalue weighted by Crippen LogP contribution is 2.15. The van der Waals surface area contributed by atoms with Gasteiger partial charge in [0.1, 0.15) is 5.21 Å². The maximum atomic E-state index is 11.2. The molecule has 1 heterocycles. The van der Waals surface area contributed by atoms with Crippen molar-refractivity contribution in [3.8, 4) is 0 Å². The fourth-order valence-electron chi connectivity index (χ4n) is 1.54. The van der Waals surface area contributed by atoms with Gasteiger partial charge in [-0.2, -0.15) is 0 Å². The smallest absolute Gasteiger partial charge is 0.225 e. The molecule has 17 heavy (non-hydrogen) atoms. The van der Waals surface area contributed by atoms with Gasteiger partial charge in [-0.05, 0) is 11.6 Å². The highest BCUT2D eigenvalue weighted by atomic mass is 35.5. The van der Waals surface area contributed by atoms with Crippen LogP contribution in [0.5, 0.6) is 0 Å². The van der Waals surface area contributed by atoms with Crippen LogP contribution in [0.2, 0.25) is 0 Å². The summed E-state index contributed by atoms with van der Waals surface area (Å²) in [6, 6.07) is 9.42. The summed E-state index contributed by atoms with van der Waals surface area (Å²) >= 11 is 5.31. The molecule has 0 unspecified atom stereocenters. The molecule has 0 aliphatic heterocycles. The van der Waals surface area contributed by atoms with E-state index in [1.807, 2.05) is 30.3 Å². The van der Waals surface area contributed by atoms with Gasteiger partial charge in [-0.25, -0.2) is 13.1 Å². The number of aromatic nitrogens is 1. The van der Waals surface area contributed by atoms with Gasteiger partial charge in [0.15, 0.2) is 0 Å². The zero-order chi connectivity index (χ0) is 12.3. The van der Waals surface area contributed by atoms with Crippen LogP contribution < -0.4 is 4.72 Å². The Morgan fingerprint density at radius 2 is 2.00 bits per heavy atom. The lowest BCUT2D eigenvalue weighted by atomic mass is 10.1. The van der Waals surface area contributed by atoms with Crippen molar-refractivity contribution in [2.75, 3.05) is 5.21 Å². The van der Waals surface area contributed by atoms with E-state index in [0.717, 1.165) is 16.5 Å². The summed E-state index contributed by atoms with van der Waals surface area (Å²) in [5.74, 6) is 0. The summed E-state index contributed by atoms with van der Waals surface area (Å²) in [5, 5.41) is 0.542. The number of fused-ring (bicyclic) bond motifs is 1. The molecule has 6 heteroatoms. The minimum absolute atomic E-state index is 0.198. The van der Waals surface area contributed by atoms with Gasteiger partial charge in [0.2, 0.25) is 10.0 Å². The summed E-state index contributed by atoms with van der Waals surface area (Å²) in [6.45, 7) is 0.198. The Hall–Kier alpha value is -1.17. The first-order valence-corrected chi connectivity index (χ1v) is 7.17. The predicted octanol–water partition coefficient (Wildman–Crippen LogP) is 1.85. The molecule has 1 N–H and O–H groups in total. The second-order valence-electron chi connectivity index (χ2n) is 3.54. The highest BCUT2D eigenvalue weighted by Gasteiger charge is 2.09. The number of benzene rings is 1. The van der Waals surface area contributed by atoms with E-state index in [9.17, 15) is 8.42 Å². The number of nitrogens with zero attached hydrogens (tertiary/aromatic N) is 1. The zero-order valence-electron chi connectivity index (χ0n) is 8.93. The fraction of sp³-hybridized carbons (Fsp3) is 0.182. The quantitative estimate of drug-likeness (QED) is 0.863. The maximum absolute atomic E-state index is 11.2. The Morgan fingerprint density at radius 3 is 2.76 bits per heavy atom. The van der Waals surface area contributed by atoms with E-state index in [2.05, 4.69) is 9.71 Å². The Bertz CT molecular complexity index is 623. The second-order valence-corrected chi connectivity index (χ2v) is 5.93. The highest BCUT2D eigenvalue weighted by molar-refractivity contribution is 7.90. The Kier molecular flexibility index (Phi) is 3.61. The summed E-state index contributed by atoms with van der Waals surface area (Å²) in [5.41, 5.74) is 1.63. The third kappa shape index (κ3) is 2.94. The molecule has 0 aliphatic rings. The van der Waals surface area contributed by atoms with Crippen molar-refractivity contribution in [2.24, 2.45) is 0 Å². The van der Waals surface area contributed by atoms with Gasteiger partial charge >= 0.3 is 0 Å². The number of nitrogens with one attached hydrogen (secondary N) is 1. The number of pyridine rings is 1. The molecule has 90 valence electrons. The maximum Gasteiger partial charge on any atom is 0.225 e. The number of para-hydroxylation sites is 1. The Labute approximate surface area is 105 Å². The van der Waals surface area contributed by atoms with Crippen LogP contribution in [0.25, 0.3) is 10.9 Å². The predicted molar refractivity (Wildman–Crippen MR) is 68.2 cm³/mol. The van der Waals surface area contributed by atoms with Crippen LogP contribution >= 0.6 is 11.6 Å². The standard InChI is InChI=1S/C11H11ClN2O2S/c12-8-17(15,16)14-7-10-4-1-3-9-5-2-6-13-11(9)10/h1-6,14H,7-8H2. The molecule has 2 rings (SSSR count). The summed E-state index contributed by atoms with van der Waals surface area (Å²) in [4.78, 5) is 4.24. The van der Waals surface area contributed by atoms with Crippen LogP contribution in [0, 0.1) is 0 Å². The number of sulfonamides is 1. The zero-order valence-corrected chi connectivity index (χ0v) is 10.5. The normalized spacial score (nSPS) is 11.8. The number of halogens is 1. The van der Waals surface area contributed by atoms with Crippen LogP contribution in [-0.2, 0) is 16.6 Å². The van der Waals surface area contributed by atoms with Crippen molar-refractivity contribution < 1.29 is 8.42 Å². The van der Waals surface area contributed by atoms with Gasteiger partial charge in [0.25, 0.3) is 0 Å². The first kappa shape index (κ1) is 12.3. The number of hydrogen-bond acceptors (Lipinski definition) is 3. The summed E-state index contributed by atoms with van der Waals surface area (Å²) in [7, 11) is -3.40. The molecule has 0 atom stereocenters. The van der Waals surface area contributed by atoms with Gasteiger partial charge in [0, 0.05) is 18.1 Å². The molecule has 1 aromatic carbocycles. The van der Waals surface area contributed by atoms with Crippen molar-refractivity contribution in [1.82, 2.24) is 9.71 Å². The Balaban J connectivity index is 2.31. The molecule has 0 spiro atoms. The molecule has 1 aromatic heterocycles. The first-order valence-electron chi connectivity index (χ1n) is 4.98. The van der Waals surface area contributed by atoms with E-state index in [4.69, 9.17) is 11.6 Å². The largest absolute Gasteiger partial charge is 0.256 e. The molecule has 0 bridgehead atoms. The number of rotatable bonds is 4. The average Bonchev–Trinajstić information content (AvgIpc) is 2.36.